The van der Waals surface area contributed by atoms with Crippen LogP contribution in [0.1, 0.15) is 18.5 Å². The van der Waals surface area contributed by atoms with Gasteiger partial charge in [-0.15, -0.1) is 0 Å². The first kappa shape index (κ1) is 9.83. The van der Waals surface area contributed by atoms with E-state index in [1.807, 2.05) is 31.2 Å². The SMILES string of the molecule is CC(c1ccccc1N)N1CCOC1=O. The molecule has 80 valence electrons. The molecular formula is C11H14N2O2. The molecule has 1 saturated heterocycles. The van der Waals surface area contributed by atoms with E-state index >= 15 is 0 Å². The Kier molecular flexibility index (Phi) is 2.49. The summed E-state index contributed by atoms with van der Waals surface area (Å²) in [6.45, 7) is 3.06. The van der Waals surface area contributed by atoms with Gasteiger partial charge in [0, 0.05) is 5.69 Å². The van der Waals surface area contributed by atoms with Crippen molar-refractivity contribution in [2.24, 2.45) is 0 Å². The largest absolute Gasteiger partial charge is 0.448 e. The number of amides is 1. The van der Waals surface area contributed by atoms with E-state index in [4.69, 9.17) is 10.5 Å². The molecule has 1 aromatic carbocycles. The van der Waals surface area contributed by atoms with Crippen molar-refractivity contribution in [1.82, 2.24) is 4.90 Å². The van der Waals surface area contributed by atoms with Crippen LogP contribution < -0.4 is 5.73 Å². The van der Waals surface area contributed by atoms with Gasteiger partial charge in [-0.2, -0.15) is 0 Å². The predicted molar refractivity (Wildman–Crippen MR) is 57.3 cm³/mol. The van der Waals surface area contributed by atoms with Crippen LogP contribution in [0.4, 0.5) is 10.5 Å². The summed E-state index contributed by atoms with van der Waals surface area (Å²) in [5.41, 5.74) is 7.54. The van der Waals surface area contributed by atoms with Crippen molar-refractivity contribution >= 4 is 11.8 Å². The van der Waals surface area contributed by atoms with Gasteiger partial charge in [0.15, 0.2) is 0 Å². The van der Waals surface area contributed by atoms with Gasteiger partial charge in [-0.1, -0.05) is 18.2 Å². The highest BCUT2D eigenvalue weighted by Gasteiger charge is 2.28. The number of para-hydroxylation sites is 1. The second-order valence-electron chi connectivity index (χ2n) is 3.61. The topological polar surface area (TPSA) is 55.6 Å². The monoisotopic (exact) mass is 206 g/mol. The summed E-state index contributed by atoms with van der Waals surface area (Å²) in [6.07, 6.45) is -0.259. The molecule has 0 aliphatic carbocycles. The van der Waals surface area contributed by atoms with Crippen LogP contribution in [0.2, 0.25) is 0 Å². The van der Waals surface area contributed by atoms with Crippen molar-refractivity contribution in [3.63, 3.8) is 0 Å². The lowest BCUT2D eigenvalue weighted by molar-refractivity contribution is 0.150. The van der Waals surface area contributed by atoms with E-state index in [9.17, 15) is 4.79 Å². The molecular weight excluding hydrogens is 192 g/mol. The molecule has 1 heterocycles. The van der Waals surface area contributed by atoms with E-state index in [0.29, 0.717) is 18.8 Å². The number of anilines is 1. The molecule has 2 N–H and O–H groups in total. The third-order valence-electron chi connectivity index (χ3n) is 2.71. The van der Waals surface area contributed by atoms with E-state index in [1.165, 1.54) is 0 Å². The van der Waals surface area contributed by atoms with Crippen LogP contribution >= 0.6 is 0 Å². The van der Waals surface area contributed by atoms with Gasteiger partial charge in [-0.25, -0.2) is 4.79 Å². The van der Waals surface area contributed by atoms with Crippen LogP contribution in [0.5, 0.6) is 0 Å². The maximum Gasteiger partial charge on any atom is 0.410 e. The fraction of sp³-hybridized carbons (Fsp3) is 0.364. The summed E-state index contributed by atoms with van der Waals surface area (Å²) in [5.74, 6) is 0. The van der Waals surface area contributed by atoms with E-state index in [0.717, 1.165) is 5.56 Å². The van der Waals surface area contributed by atoms with Gasteiger partial charge in [0.2, 0.25) is 0 Å². The molecule has 1 atom stereocenters. The number of benzene rings is 1. The van der Waals surface area contributed by atoms with Crippen LogP contribution in [-0.4, -0.2) is 24.1 Å². The molecule has 1 fully saturated rings. The molecule has 4 nitrogen and oxygen atoms in total. The van der Waals surface area contributed by atoms with Crippen LogP contribution in [0.3, 0.4) is 0 Å². The highest BCUT2D eigenvalue weighted by Crippen LogP contribution is 2.27. The number of rotatable bonds is 2. The molecule has 0 saturated carbocycles. The Morgan fingerprint density at radius 2 is 2.20 bits per heavy atom. The summed E-state index contributed by atoms with van der Waals surface area (Å²) in [5, 5.41) is 0. The fourth-order valence-corrected chi connectivity index (χ4v) is 1.82. The molecule has 15 heavy (non-hydrogen) atoms. The number of cyclic esters (lactones) is 1. The van der Waals surface area contributed by atoms with Crippen molar-refractivity contribution in [3.05, 3.63) is 29.8 Å². The van der Waals surface area contributed by atoms with E-state index in [2.05, 4.69) is 0 Å². The number of carbonyl (C=O) groups excluding carboxylic acids is 1. The molecule has 0 spiro atoms. The van der Waals surface area contributed by atoms with Crippen molar-refractivity contribution in [1.29, 1.82) is 0 Å². The number of nitrogens with zero attached hydrogens (tertiary/aromatic N) is 1. The molecule has 1 aromatic rings. The Labute approximate surface area is 88.6 Å². The van der Waals surface area contributed by atoms with Crippen LogP contribution in [-0.2, 0) is 4.74 Å². The highest BCUT2D eigenvalue weighted by atomic mass is 16.6. The van der Waals surface area contributed by atoms with Crippen LogP contribution in [0, 0.1) is 0 Å². The summed E-state index contributed by atoms with van der Waals surface area (Å²) >= 11 is 0. The zero-order valence-corrected chi connectivity index (χ0v) is 8.64. The summed E-state index contributed by atoms with van der Waals surface area (Å²) in [4.78, 5) is 13.0. The number of nitrogen functional groups attached to an aromatic ring is 1. The fourth-order valence-electron chi connectivity index (χ4n) is 1.82. The lowest BCUT2D eigenvalue weighted by Gasteiger charge is -2.23. The molecule has 1 aliphatic rings. The van der Waals surface area contributed by atoms with Crippen molar-refractivity contribution in [2.45, 2.75) is 13.0 Å². The second kappa shape index (κ2) is 3.81. The Bertz CT molecular complexity index is 379. The average molecular weight is 206 g/mol. The Hall–Kier alpha value is -1.71. The summed E-state index contributed by atoms with van der Waals surface area (Å²) in [7, 11) is 0. The lowest BCUT2D eigenvalue weighted by atomic mass is 10.1. The molecule has 1 unspecified atom stereocenters. The van der Waals surface area contributed by atoms with Crippen molar-refractivity contribution < 1.29 is 9.53 Å². The first-order valence-corrected chi connectivity index (χ1v) is 4.98. The second-order valence-corrected chi connectivity index (χ2v) is 3.61. The normalized spacial score (nSPS) is 17.7. The van der Waals surface area contributed by atoms with Gasteiger partial charge in [0.05, 0.1) is 12.6 Å². The maximum absolute atomic E-state index is 11.4. The Balaban J connectivity index is 2.24. The lowest BCUT2D eigenvalue weighted by Crippen LogP contribution is -2.28. The molecule has 1 aliphatic heterocycles. The standard InChI is InChI=1S/C11H14N2O2/c1-8(13-6-7-15-11(13)14)9-4-2-3-5-10(9)12/h2-5,8H,6-7,12H2,1H3. The third kappa shape index (κ3) is 1.75. The zero-order valence-electron chi connectivity index (χ0n) is 8.64. The smallest absolute Gasteiger partial charge is 0.410 e. The van der Waals surface area contributed by atoms with Crippen molar-refractivity contribution in [3.8, 4) is 0 Å². The number of nitrogens with two attached hydrogens (primary N) is 1. The van der Waals surface area contributed by atoms with Crippen LogP contribution in [0.15, 0.2) is 24.3 Å². The minimum Gasteiger partial charge on any atom is -0.448 e. The molecule has 1 amide bonds. The van der Waals surface area contributed by atoms with Gasteiger partial charge in [0.1, 0.15) is 6.61 Å². The van der Waals surface area contributed by atoms with E-state index in [-0.39, 0.29) is 12.1 Å². The Morgan fingerprint density at radius 3 is 2.80 bits per heavy atom. The Morgan fingerprint density at radius 1 is 1.47 bits per heavy atom. The first-order chi connectivity index (χ1) is 7.20. The molecule has 4 heteroatoms. The number of carbonyl (C=O) groups is 1. The minimum atomic E-state index is -0.259. The van der Waals surface area contributed by atoms with Gasteiger partial charge in [-0.3, -0.25) is 4.90 Å². The van der Waals surface area contributed by atoms with Gasteiger partial charge < -0.3 is 10.5 Å². The predicted octanol–water partition coefficient (Wildman–Crippen LogP) is 1.78. The number of hydrogen-bond donors (Lipinski definition) is 1. The van der Waals surface area contributed by atoms with E-state index in [1.54, 1.807) is 4.90 Å². The molecule has 0 aromatic heterocycles. The number of hydrogen-bond acceptors (Lipinski definition) is 3. The molecule has 0 radical (unpaired) electrons. The quantitative estimate of drug-likeness (QED) is 0.750. The first-order valence-electron chi connectivity index (χ1n) is 4.98. The number of ether oxygens (including phenoxy) is 1. The summed E-state index contributed by atoms with van der Waals surface area (Å²) in [6, 6.07) is 7.55. The third-order valence-corrected chi connectivity index (χ3v) is 2.71. The van der Waals surface area contributed by atoms with Crippen LogP contribution in [0.25, 0.3) is 0 Å². The van der Waals surface area contributed by atoms with Crippen molar-refractivity contribution in [2.75, 3.05) is 18.9 Å². The highest BCUT2D eigenvalue weighted by molar-refractivity contribution is 5.70. The molecule has 0 bridgehead atoms. The zero-order chi connectivity index (χ0) is 10.8. The minimum absolute atomic E-state index is 0.0267. The van der Waals surface area contributed by atoms with E-state index < -0.39 is 0 Å². The summed E-state index contributed by atoms with van der Waals surface area (Å²) < 4.78 is 4.89. The molecule has 2 rings (SSSR count). The van der Waals surface area contributed by atoms with Gasteiger partial charge >= 0.3 is 6.09 Å². The maximum atomic E-state index is 11.4. The average Bonchev–Trinajstić information content (AvgIpc) is 2.64. The van der Waals surface area contributed by atoms with Gasteiger partial charge in [-0.05, 0) is 18.6 Å². The van der Waals surface area contributed by atoms with Gasteiger partial charge in [0.25, 0.3) is 0 Å².